The number of ether oxygens (including phenoxy) is 1. The summed E-state index contributed by atoms with van der Waals surface area (Å²) in [4.78, 5) is 40.1. The van der Waals surface area contributed by atoms with Gasteiger partial charge in [-0.1, -0.05) is 54.2 Å². The highest BCUT2D eigenvalue weighted by Crippen LogP contribution is 2.38. The van der Waals surface area contributed by atoms with Crippen LogP contribution in [-0.2, 0) is 48.5 Å². The molecule has 3 N–H and O–H groups in total. The van der Waals surface area contributed by atoms with Crippen molar-refractivity contribution in [2.75, 3.05) is 18.2 Å². The first kappa shape index (κ1) is 31.3. The second-order valence-corrected chi connectivity index (χ2v) is 12.4. The van der Waals surface area contributed by atoms with Gasteiger partial charge in [-0.2, -0.15) is 0 Å². The molecule has 0 saturated heterocycles. The van der Waals surface area contributed by atoms with Gasteiger partial charge >= 0.3 is 0 Å². The van der Waals surface area contributed by atoms with Gasteiger partial charge in [-0.15, -0.1) is 21.5 Å². The lowest BCUT2D eigenvalue weighted by atomic mass is 9.95. The fourth-order valence-corrected chi connectivity index (χ4v) is 7.22. The van der Waals surface area contributed by atoms with Crippen LogP contribution in [0.15, 0.2) is 59.8 Å². The Hall–Kier alpha value is -4.16. The molecular weight excluding hydrogens is 597 g/mol. The van der Waals surface area contributed by atoms with Crippen LogP contribution in [0.4, 0.5) is 5.00 Å². The van der Waals surface area contributed by atoms with Crippen molar-refractivity contribution in [2.24, 2.45) is 0 Å². The number of aryl methyl sites for hydroxylation is 1. The zero-order chi connectivity index (χ0) is 30.9. The van der Waals surface area contributed by atoms with E-state index in [-0.39, 0.29) is 36.4 Å². The Morgan fingerprint density at radius 2 is 1.70 bits per heavy atom. The van der Waals surface area contributed by atoms with E-state index in [9.17, 15) is 14.4 Å². The van der Waals surface area contributed by atoms with E-state index in [2.05, 4.69) is 26.1 Å². The number of carbonyl (C=O) groups excluding carboxylic acids is 3. The van der Waals surface area contributed by atoms with Gasteiger partial charge in [0, 0.05) is 18.0 Å². The van der Waals surface area contributed by atoms with Crippen molar-refractivity contribution in [2.45, 2.75) is 63.8 Å². The highest BCUT2D eigenvalue weighted by atomic mass is 32.2. The minimum absolute atomic E-state index is 0.107. The minimum Gasteiger partial charge on any atom is -0.497 e. The van der Waals surface area contributed by atoms with Gasteiger partial charge in [0.2, 0.25) is 11.8 Å². The maximum atomic E-state index is 13.3. The highest BCUT2D eigenvalue weighted by molar-refractivity contribution is 7.99. The molecule has 1 aliphatic rings. The van der Waals surface area contributed by atoms with Gasteiger partial charge in [-0.25, -0.2) is 0 Å². The summed E-state index contributed by atoms with van der Waals surface area (Å²) in [7, 11) is 1.60. The number of methoxy groups -OCH3 is 1. The highest BCUT2D eigenvalue weighted by Gasteiger charge is 2.26. The molecule has 0 radical (unpaired) electrons. The Morgan fingerprint density at radius 3 is 2.45 bits per heavy atom. The summed E-state index contributed by atoms with van der Waals surface area (Å²) in [6.07, 6.45) is 4.11. The predicted octanol–water partition coefficient (Wildman–Crippen LogP) is 4.77. The fraction of sp³-hybridized carbons (Fsp3) is 0.344. The van der Waals surface area contributed by atoms with Crippen molar-refractivity contribution in [3.8, 4) is 5.75 Å². The van der Waals surface area contributed by atoms with Gasteiger partial charge in [0.05, 0.1) is 31.4 Å². The fourth-order valence-electron chi connectivity index (χ4n) is 5.10. The molecule has 3 amide bonds. The molecule has 2 heterocycles. The summed E-state index contributed by atoms with van der Waals surface area (Å²) in [6, 6.07) is 17.1. The van der Waals surface area contributed by atoms with Crippen LogP contribution in [-0.4, -0.2) is 45.3 Å². The largest absolute Gasteiger partial charge is 0.497 e. The lowest BCUT2D eigenvalue weighted by Crippen LogP contribution is -2.26. The molecule has 0 bridgehead atoms. The van der Waals surface area contributed by atoms with Crippen LogP contribution in [0, 0.1) is 0 Å². The molecular formula is C32H36N6O4S2. The Balaban J connectivity index is 1.18. The molecule has 0 atom stereocenters. The molecule has 5 rings (SSSR count). The van der Waals surface area contributed by atoms with Crippen LogP contribution in [0.25, 0.3) is 0 Å². The summed E-state index contributed by atoms with van der Waals surface area (Å²) in [5, 5.41) is 18.7. The number of nitrogens with zero attached hydrogens (tertiary/aromatic N) is 3. The topological polar surface area (TPSA) is 127 Å². The molecule has 10 nitrogen and oxygen atoms in total. The minimum atomic E-state index is -0.217. The molecule has 1 aliphatic carbocycles. The number of thiophene rings is 1. The number of rotatable bonds is 13. The summed E-state index contributed by atoms with van der Waals surface area (Å²) in [5.41, 5.74) is 3.54. The van der Waals surface area contributed by atoms with Crippen LogP contribution in [0.2, 0.25) is 0 Å². The summed E-state index contributed by atoms with van der Waals surface area (Å²) < 4.78 is 7.05. The first-order valence-corrected chi connectivity index (χ1v) is 16.5. The summed E-state index contributed by atoms with van der Waals surface area (Å²) in [6.45, 7) is 3.20. The maximum Gasteiger partial charge on any atom is 0.254 e. The van der Waals surface area contributed by atoms with E-state index in [0.29, 0.717) is 34.6 Å². The van der Waals surface area contributed by atoms with Crippen LogP contribution in [0.5, 0.6) is 5.75 Å². The van der Waals surface area contributed by atoms with Crippen LogP contribution < -0.4 is 20.7 Å². The third-order valence-electron chi connectivity index (χ3n) is 7.36. The first-order valence-electron chi connectivity index (χ1n) is 14.7. The van der Waals surface area contributed by atoms with Crippen LogP contribution in [0.1, 0.15) is 57.5 Å². The molecule has 0 spiro atoms. The van der Waals surface area contributed by atoms with Crippen LogP contribution >= 0.6 is 23.1 Å². The number of amides is 3. The number of nitrogens with one attached hydrogen (secondary N) is 3. The second kappa shape index (κ2) is 15.0. The Bertz CT molecular complexity index is 1600. The van der Waals surface area contributed by atoms with E-state index < -0.39 is 0 Å². The number of benzene rings is 2. The van der Waals surface area contributed by atoms with Crippen molar-refractivity contribution in [3.05, 3.63) is 87.6 Å². The normalized spacial score (nSPS) is 12.3. The molecule has 0 fully saturated rings. The smallest absolute Gasteiger partial charge is 0.254 e. The first-order chi connectivity index (χ1) is 21.4. The van der Waals surface area contributed by atoms with E-state index in [4.69, 9.17) is 4.74 Å². The molecule has 0 saturated carbocycles. The number of carbonyl (C=O) groups is 3. The molecule has 0 unspecified atom stereocenters. The van der Waals surface area contributed by atoms with E-state index in [1.807, 2.05) is 66.1 Å². The number of hydrogen-bond acceptors (Lipinski definition) is 8. The number of anilines is 1. The molecule has 230 valence electrons. The quantitative estimate of drug-likeness (QED) is 0.181. The van der Waals surface area contributed by atoms with E-state index >= 15 is 0 Å². The van der Waals surface area contributed by atoms with E-state index in [1.165, 1.54) is 28.0 Å². The zero-order valence-corrected chi connectivity index (χ0v) is 26.5. The van der Waals surface area contributed by atoms with Gasteiger partial charge in [-0.05, 0) is 61.4 Å². The predicted molar refractivity (Wildman–Crippen MR) is 172 cm³/mol. The lowest BCUT2D eigenvalue weighted by Gasteiger charge is -2.13. The molecule has 2 aromatic carbocycles. The van der Waals surface area contributed by atoms with Crippen molar-refractivity contribution in [1.29, 1.82) is 0 Å². The third-order valence-corrected chi connectivity index (χ3v) is 9.53. The average Bonchev–Trinajstić information content (AvgIpc) is 3.62. The Labute approximate surface area is 265 Å². The van der Waals surface area contributed by atoms with Crippen molar-refractivity contribution >= 4 is 45.8 Å². The molecule has 0 aliphatic heterocycles. The molecule has 4 aromatic rings. The van der Waals surface area contributed by atoms with Crippen molar-refractivity contribution < 1.29 is 19.1 Å². The Kier molecular flexibility index (Phi) is 10.7. The second-order valence-electron chi connectivity index (χ2n) is 10.4. The monoisotopic (exact) mass is 632 g/mol. The zero-order valence-electron chi connectivity index (χ0n) is 24.9. The van der Waals surface area contributed by atoms with Crippen LogP contribution in [0.3, 0.4) is 0 Å². The third kappa shape index (κ3) is 7.86. The van der Waals surface area contributed by atoms with Gasteiger partial charge in [0.1, 0.15) is 10.8 Å². The van der Waals surface area contributed by atoms with Crippen molar-refractivity contribution in [3.63, 3.8) is 0 Å². The number of fused-ring (bicyclic) bond motifs is 1. The number of thioether (sulfide) groups is 1. The van der Waals surface area contributed by atoms with Gasteiger partial charge in [0.25, 0.3) is 5.91 Å². The standard InChI is InChI=1S/C32H36N6O4S2/c1-3-38-26(19-33-27(39)17-21-13-15-23(42-2)16-14-21)36-37-32(38)43-20-28(40)35-31-29(24-11-7-8-12-25(24)44-31)30(41)34-18-22-9-5-4-6-10-22/h4-6,9-10,13-16H,3,7-8,11-12,17-20H2,1-2H3,(H,33,39)(H,34,41)(H,35,40). The molecule has 2 aromatic heterocycles. The molecule has 44 heavy (non-hydrogen) atoms. The maximum absolute atomic E-state index is 13.3. The lowest BCUT2D eigenvalue weighted by molar-refractivity contribution is -0.120. The average molecular weight is 633 g/mol. The summed E-state index contributed by atoms with van der Waals surface area (Å²) >= 11 is 2.78. The number of hydrogen-bond donors (Lipinski definition) is 3. The van der Waals surface area contributed by atoms with Crippen molar-refractivity contribution in [1.82, 2.24) is 25.4 Å². The van der Waals surface area contributed by atoms with Gasteiger partial charge < -0.3 is 25.3 Å². The van der Waals surface area contributed by atoms with Gasteiger partial charge in [-0.3, -0.25) is 14.4 Å². The Morgan fingerprint density at radius 1 is 0.932 bits per heavy atom. The van der Waals surface area contributed by atoms with Gasteiger partial charge in [0.15, 0.2) is 11.0 Å². The SMILES string of the molecule is CCn1c(CNC(=O)Cc2ccc(OC)cc2)nnc1SCC(=O)Nc1sc2c(c1C(=O)NCc1ccccc1)CCCC2. The molecule has 12 heteroatoms. The summed E-state index contributed by atoms with van der Waals surface area (Å²) in [5.74, 6) is 0.947. The number of aromatic nitrogens is 3. The van der Waals surface area contributed by atoms with E-state index in [1.54, 1.807) is 7.11 Å². The van der Waals surface area contributed by atoms with E-state index in [0.717, 1.165) is 48.1 Å².